The summed E-state index contributed by atoms with van der Waals surface area (Å²) >= 11 is 0. The number of hydrogen-bond acceptors (Lipinski definition) is 5. The van der Waals surface area contributed by atoms with Crippen LogP contribution in [-0.2, 0) is 19.1 Å². The van der Waals surface area contributed by atoms with E-state index in [-0.39, 0.29) is 18.5 Å². The van der Waals surface area contributed by atoms with Gasteiger partial charge in [-0.1, -0.05) is 25.8 Å². The molecule has 0 fully saturated rings. The van der Waals surface area contributed by atoms with Crippen molar-refractivity contribution in [3.8, 4) is 0 Å². The number of carbonyl (C=O) groups is 2. The average Bonchev–Trinajstić information content (AvgIpc) is 2.52. The molecule has 0 aromatic heterocycles. The highest BCUT2D eigenvalue weighted by Crippen LogP contribution is 2.06. The highest BCUT2D eigenvalue weighted by Gasteiger charge is 2.02. The van der Waals surface area contributed by atoms with E-state index in [0.29, 0.717) is 19.6 Å². The molecule has 0 rings (SSSR count). The van der Waals surface area contributed by atoms with Gasteiger partial charge < -0.3 is 14.6 Å². The molecule has 0 heterocycles. The second-order valence-electron chi connectivity index (χ2n) is 5.25. The second-order valence-corrected chi connectivity index (χ2v) is 5.25. The van der Waals surface area contributed by atoms with Gasteiger partial charge in [0, 0.05) is 19.1 Å². The van der Waals surface area contributed by atoms with E-state index in [4.69, 9.17) is 14.6 Å². The Morgan fingerprint density at radius 2 is 1.36 bits per heavy atom. The van der Waals surface area contributed by atoms with Gasteiger partial charge in [0.1, 0.15) is 0 Å². The predicted octanol–water partition coefficient (Wildman–Crippen LogP) is 3.15. The zero-order valence-electron chi connectivity index (χ0n) is 13.6. The van der Waals surface area contributed by atoms with Crippen LogP contribution in [0.4, 0.5) is 0 Å². The molecular formula is C17H30O5. The van der Waals surface area contributed by atoms with Gasteiger partial charge in [-0.05, 0) is 38.5 Å². The Hall–Kier alpha value is -1.36. The normalized spacial score (nSPS) is 10.2. The van der Waals surface area contributed by atoms with E-state index in [1.165, 1.54) is 0 Å². The van der Waals surface area contributed by atoms with Gasteiger partial charge in [0.15, 0.2) is 0 Å². The Kier molecular flexibility index (Phi) is 15.0. The first-order chi connectivity index (χ1) is 10.7. The van der Waals surface area contributed by atoms with Gasteiger partial charge in [0.25, 0.3) is 0 Å². The Balaban J connectivity index is 3.21. The summed E-state index contributed by atoms with van der Waals surface area (Å²) in [6.45, 7) is 4.46. The Labute approximate surface area is 133 Å². The minimum absolute atomic E-state index is 0.123. The molecule has 0 saturated carbocycles. The molecule has 0 aliphatic rings. The molecule has 5 nitrogen and oxygen atoms in total. The van der Waals surface area contributed by atoms with Crippen LogP contribution < -0.4 is 0 Å². The summed E-state index contributed by atoms with van der Waals surface area (Å²) in [5.41, 5.74) is 0. The van der Waals surface area contributed by atoms with E-state index in [1.807, 2.05) is 0 Å². The maximum absolute atomic E-state index is 11.4. The molecule has 0 saturated heterocycles. The van der Waals surface area contributed by atoms with Crippen LogP contribution in [0.1, 0.15) is 64.2 Å². The molecule has 0 unspecified atom stereocenters. The molecule has 1 N–H and O–H groups in total. The fourth-order valence-electron chi connectivity index (χ4n) is 1.96. The van der Waals surface area contributed by atoms with Crippen molar-refractivity contribution in [2.24, 2.45) is 0 Å². The first kappa shape index (κ1) is 20.6. The lowest BCUT2D eigenvalue weighted by Gasteiger charge is -2.05. The van der Waals surface area contributed by atoms with Gasteiger partial charge in [-0.3, -0.25) is 4.79 Å². The highest BCUT2D eigenvalue weighted by atomic mass is 16.5. The van der Waals surface area contributed by atoms with Crippen LogP contribution in [0.5, 0.6) is 0 Å². The number of hydrogen-bond donors (Lipinski definition) is 1. The molecule has 0 amide bonds. The van der Waals surface area contributed by atoms with Gasteiger partial charge in [0.2, 0.25) is 0 Å². The summed E-state index contributed by atoms with van der Waals surface area (Å²) in [6.07, 6.45) is 10.0. The van der Waals surface area contributed by atoms with E-state index >= 15 is 0 Å². The fraction of sp³-hybridized carbons (Fsp3) is 0.765. The zero-order valence-corrected chi connectivity index (χ0v) is 13.6. The molecule has 0 atom stereocenters. The molecule has 0 radical (unpaired) electrons. The third kappa shape index (κ3) is 15.0. The quantitative estimate of drug-likeness (QED) is 0.285. The summed E-state index contributed by atoms with van der Waals surface area (Å²) in [4.78, 5) is 22.2. The molecule has 0 aromatic rings. The van der Waals surface area contributed by atoms with Crippen molar-refractivity contribution >= 4 is 11.9 Å². The first-order valence-electron chi connectivity index (χ1n) is 8.26. The standard InChI is InChI=1S/C17H30O5/c1-2-16(19)21-14-10-6-7-11-15-22-17(20)12-8-4-3-5-9-13-18/h2,18H,1,3-15H2. The minimum atomic E-state index is -0.384. The number of aliphatic hydroxyl groups excluding tert-OH is 1. The van der Waals surface area contributed by atoms with E-state index in [0.717, 1.165) is 63.9 Å². The predicted molar refractivity (Wildman–Crippen MR) is 85.4 cm³/mol. The van der Waals surface area contributed by atoms with Crippen LogP contribution in [0.2, 0.25) is 0 Å². The van der Waals surface area contributed by atoms with Gasteiger partial charge in [-0.15, -0.1) is 0 Å². The Morgan fingerprint density at radius 3 is 2.00 bits per heavy atom. The third-order valence-electron chi connectivity index (χ3n) is 3.25. The molecule has 5 heteroatoms. The van der Waals surface area contributed by atoms with Gasteiger partial charge >= 0.3 is 11.9 Å². The molecule has 0 bridgehead atoms. The number of esters is 2. The van der Waals surface area contributed by atoms with E-state index in [2.05, 4.69) is 6.58 Å². The maximum Gasteiger partial charge on any atom is 0.330 e. The van der Waals surface area contributed by atoms with E-state index in [9.17, 15) is 9.59 Å². The summed E-state index contributed by atoms with van der Waals surface area (Å²) in [7, 11) is 0. The lowest BCUT2D eigenvalue weighted by molar-refractivity contribution is -0.144. The largest absolute Gasteiger partial charge is 0.466 e. The summed E-state index contributed by atoms with van der Waals surface area (Å²) in [5.74, 6) is -0.507. The molecule has 128 valence electrons. The van der Waals surface area contributed by atoms with Crippen molar-refractivity contribution in [3.05, 3.63) is 12.7 Å². The lowest BCUT2D eigenvalue weighted by atomic mass is 10.1. The zero-order chi connectivity index (χ0) is 16.5. The van der Waals surface area contributed by atoms with Crippen molar-refractivity contribution in [3.63, 3.8) is 0 Å². The molecule has 0 aliphatic carbocycles. The van der Waals surface area contributed by atoms with Crippen molar-refractivity contribution in [2.45, 2.75) is 64.2 Å². The van der Waals surface area contributed by atoms with Gasteiger partial charge in [-0.2, -0.15) is 0 Å². The van der Waals surface area contributed by atoms with Gasteiger partial charge in [0.05, 0.1) is 13.2 Å². The van der Waals surface area contributed by atoms with Crippen molar-refractivity contribution < 1.29 is 24.2 Å². The van der Waals surface area contributed by atoms with Crippen LogP contribution in [-0.4, -0.2) is 36.9 Å². The monoisotopic (exact) mass is 314 g/mol. The van der Waals surface area contributed by atoms with E-state index in [1.54, 1.807) is 0 Å². The van der Waals surface area contributed by atoms with Crippen molar-refractivity contribution in [1.29, 1.82) is 0 Å². The number of rotatable bonds is 15. The fourth-order valence-corrected chi connectivity index (χ4v) is 1.96. The van der Waals surface area contributed by atoms with E-state index < -0.39 is 0 Å². The topological polar surface area (TPSA) is 72.8 Å². The SMILES string of the molecule is C=CC(=O)OCCCCCCOC(=O)CCCCCCCO. The van der Waals surface area contributed by atoms with Gasteiger partial charge in [-0.25, -0.2) is 4.79 Å². The molecular weight excluding hydrogens is 284 g/mol. The molecule has 0 aromatic carbocycles. The molecule has 0 aliphatic heterocycles. The van der Waals surface area contributed by atoms with Crippen molar-refractivity contribution in [1.82, 2.24) is 0 Å². The number of aliphatic hydroxyl groups is 1. The summed E-state index contributed by atoms with van der Waals surface area (Å²) in [5, 5.41) is 8.64. The number of ether oxygens (including phenoxy) is 2. The summed E-state index contributed by atoms with van der Waals surface area (Å²) in [6, 6.07) is 0. The van der Waals surface area contributed by atoms with Crippen molar-refractivity contribution in [2.75, 3.05) is 19.8 Å². The van der Waals surface area contributed by atoms with Crippen LogP contribution in [0.25, 0.3) is 0 Å². The first-order valence-corrected chi connectivity index (χ1v) is 8.26. The summed E-state index contributed by atoms with van der Waals surface area (Å²) < 4.78 is 10.0. The number of carbonyl (C=O) groups excluding carboxylic acids is 2. The minimum Gasteiger partial charge on any atom is -0.466 e. The Morgan fingerprint density at radius 1 is 0.818 bits per heavy atom. The number of unbranched alkanes of at least 4 members (excludes halogenated alkanes) is 7. The van der Waals surface area contributed by atoms with Crippen LogP contribution in [0.3, 0.4) is 0 Å². The van der Waals surface area contributed by atoms with Crippen LogP contribution in [0, 0.1) is 0 Å². The van der Waals surface area contributed by atoms with Crippen LogP contribution in [0.15, 0.2) is 12.7 Å². The molecule has 22 heavy (non-hydrogen) atoms. The average molecular weight is 314 g/mol. The maximum atomic E-state index is 11.4. The lowest BCUT2D eigenvalue weighted by Crippen LogP contribution is -2.06. The third-order valence-corrected chi connectivity index (χ3v) is 3.25. The Bertz CT molecular complexity index is 301. The highest BCUT2D eigenvalue weighted by molar-refractivity contribution is 5.81. The second kappa shape index (κ2) is 16.0. The smallest absolute Gasteiger partial charge is 0.330 e. The van der Waals surface area contributed by atoms with Crippen LogP contribution >= 0.6 is 0 Å². The molecule has 0 spiro atoms.